The van der Waals surface area contributed by atoms with E-state index in [1.54, 1.807) is 73.6 Å². The largest absolute Gasteiger partial charge is 0.404 e. The fourth-order valence-corrected chi connectivity index (χ4v) is 3.10. The van der Waals surface area contributed by atoms with Crippen LogP contribution in [0.1, 0.15) is 10.8 Å². The molecule has 0 heterocycles. The first-order valence-electron chi connectivity index (χ1n) is 6.44. The molecule has 0 radical (unpaired) electrons. The van der Waals surface area contributed by atoms with E-state index in [4.69, 9.17) is 0 Å². The third-order valence-electron chi connectivity index (χ3n) is 3.00. The minimum Gasteiger partial charge on any atom is -0.377 e. The van der Waals surface area contributed by atoms with Gasteiger partial charge in [-0.1, -0.05) is 36.4 Å². The van der Waals surface area contributed by atoms with E-state index >= 15 is 0 Å². The van der Waals surface area contributed by atoms with Gasteiger partial charge in [-0.3, -0.25) is 0 Å². The maximum absolute atomic E-state index is 13.5. The van der Waals surface area contributed by atoms with E-state index in [-0.39, 0.29) is 5.56 Å². The average Bonchev–Trinajstić information content (AvgIpc) is 2.44. The lowest BCUT2D eigenvalue weighted by Crippen LogP contribution is -2.21. The quantitative estimate of drug-likeness (QED) is 0.719. The molecule has 21 heavy (non-hydrogen) atoms. The Hall–Kier alpha value is -1.62. The van der Waals surface area contributed by atoms with Crippen LogP contribution >= 0.6 is 11.8 Å². The van der Waals surface area contributed by atoms with Crippen LogP contribution in [-0.4, -0.2) is 20.3 Å². The number of hydrogen-bond donors (Lipinski definition) is 0. The first kappa shape index (κ1) is 15.8. The summed E-state index contributed by atoms with van der Waals surface area (Å²) in [5.41, 5.74) is 0.868. The molecule has 0 N–H and O–H groups in total. The number of nitrogens with zero attached hydrogens (tertiary/aromatic N) is 1. The van der Waals surface area contributed by atoms with Gasteiger partial charge in [0.2, 0.25) is 0 Å². The van der Waals surface area contributed by atoms with E-state index in [0.717, 1.165) is 11.8 Å². The molecule has 0 fully saturated rings. The van der Waals surface area contributed by atoms with Crippen molar-refractivity contribution >= 4 is 17.4 Å². The molecule has 2 aromatic carbocycles. The highest BCUT2D eigenvalue weighted by Crippen LogP contribution is 2.48. The van der Waals surface area contributed by atoms with Gasteiger partial charge < -0.3 is 4.90 Å². The van der Waals surface area contributed by atoms with Crippen LogP contribution in [0.5, 0.6) is 0 Å². The number of halogens is 3. The zero-order chi connectivity index (χ0) is 15.5. The Kier molecular flexibility index (Phi) is 4.83. The van der Waals surface area contributed by atoms with Gasteiger partial charge in [0.25, 0.3) is 0 Å². The van der Waals surface area contributed by atoms with Crippen LogP contribution < -0.4 is 4.90 Å². The Morgan fingerprint density at radius 2 is 1.48 bits per heavy atom. The van der Waals surface area contributed by atoms with E-state index in [0.29, 0.717) is 10.6 Å². The lowest BCUT2D eigenvalue weighted by molar-refractivity contribution is -0.129. The summed E-state index contributed by atoms with van der Waals surface area (Å²) in [6, 6.07) is 15.3. The van der Waals surface area contributed by atoms with Crippen molar-refractivity contribution in [2.75, 3.05) is 19.0 Å². The van der Waals surface area contributed by atoms with E-state index < -0.39 is 11.4 Å². The van der Waals surface area contributed by atoms with Crippen molar-refractivity contribution in [1.29, 1.82) is 0 Å². The van der Waals surface area contributed by atoms with Crippen molar-refractivity contribution in [1.82, 2.24) is 0 Å². The molecule has 2 rings (SSSR count). The van der Waals surface area contributed by atoms with E-state index in [1.165, 1.54) is 0 Å². The van der Waals surface area contributed by atoms with Crippen molar-refractivity contribution < 1.29 is 13.2 Å². The minimum absolute atomic E-state index is 0.281. The van der Waals surface area contributed by atoms with Gasteiger partial charge in [0.15, 0.2) is 0 Å². The minimum atomic E-state index is -4.31. The Morgan fingerprint density at radius 1 is 0.905 bits per heavy atom. The summed E-state index contributed by atoms with van der Waals surface area (Å²) in [6.07, 6.45) is -4.31. The molecular formula is C16H16F3NS. The molecule has 0 saturated heterocycles. The molecule has 2 aromatic rings. The van der Waals surface area contributed by atoms with Crippen molar-refractivity contribution in [3.8, 4) is 0 Å². The van der Waals surface area contributed by atoms with Crippen molar-refractivity contribution in [3.63, 3.8) is 0 Å². The standard InChI is InChI=1S/C16H16F3NS/c1-20(2)14-11-7-6-10-13(14)15(16(17,18)19)21-12-8-4-3-5-9-12/h3-11,15H,1-2H3. The second kappa shape index (κ2) is 6.43. The maximum Gasteiger partial charge on any atom is 0.404 e. The number of rotatable bonds is 4. The Labute approximate surface area is 126 Å². The van der Waals surface area contributed by atoms with Crippen LogP contribution in [0.25, 0.3) is 0 Å². The predicted molar refractivity (Wildman–Crippen MR) is 81.9 cm³/mol. The summed E-state index contributed by atoms with van der Waals surface area (Å²) in [4.78, 5) is 2.31. The Bertz CT molecular complexity index is 582. The van der Waals surface area contributed by atoms with E-state index in [9.17, 15) is 13.2 Å². The first-order valence-corrected chi connectivity index (χ1v) is 7.32. The average molecular weight is 311 g/mol. The van der Waals surface area contributed by atoms with Crippen LogP contribution in [0, 0.1) is 0 Å². The number of para-hydroxylation sites is 1. The second-order valence-electron chi connectivity index (χ2n) is 4.81. The van der Waals surface area contributed by atoms with Gasteiger partial charge in [-0.05, 0) is 23.8 Å². The Balaban J connectivity index is 2.42. The van der Waals surface area contributed by atoms with Crippen LogP contribution in [0.4, 0.5) is 18.9 Å². The van der Waals surface area contributed by atoms with Crippen LogP contribution in [0.15, 0.2) is 59.5 Å². The molecule has 1 unspecified atom stereocenters. The summed E-state index contributed by atoms with van der Waals surface area (Å²) in [5, 5.41) is -1.58. The van der Waals surface area contributed by atoms with Gasteiger partial charge in [-0.15, -0.1) is 11.8 Å². The molecule has 112 valence electrons. The third-order valence-corrected chi connectivity index (χ3v) is 4.30. The monoisotopic (exact) mass is 311 g/mol. The molecule has 1 atom stereocenters. The summed E-state index contributed by atoms with van der Waals surface area (Å²) in [5.74, 6) is 0. The maximum atomic E-state index is 13.5. The fourth-order valence-electron chi connectivity index (χ4n) is 2.06. The predicted octanol–water partition coefficient (Wildman–Crippen LogP) is 5.15. The first-order chi connectivity index (χ1) is 9.89. The highest BCUT2D eigenvalue weighted by atomic mass is 32.2. The molecular weight excluding hydrogens is 295 g/mol. The van der Waals surface area contributed by atoms with Gasteiger partial charge in [0.05, 0.1) is 0 Å². The van der Waals surface area contributed by atoms with Crippen molar-refractivity contribution in [2.45, 2.75) is 16.3 Å². The van der Waals surface area contributed by atoms with Crippen LogP contribution in [-0.2, 0) is 0 Å². The zero-order valence-electron chi connectivity index (χ0n) is 11.8. The number of hydrogen-bond acceptors (Lipinski definition) is 2. The molecule has 1 nitrogen and oxygen atoms in total. The van der Waals surface area contributed by atoms with Crippen molar-refractivity contribution in [3.05, 3.63) is 60.2 Å². The zero-order valence-corrected chi connectivity index (χ0v) is 12.6. The molecule has 0 aliphatic heterocycles. The van der Waals surface area contributed by atoms with Gasteiger partial charge >= 0.3 is 6.18 Å². The normalized spacial score (nSPS) is 13.0. The fraction of sp³-hybridized carbons (Fsp3) is 0.250. The summed E-state index contributed by atoms with van der Waals surface area (Å²) < 4.78 is 40.5. The topological polar surface area (TPSA) is 3.24 Å². The van der Waals surface area contributed by atoms with Crippen LogP contribution in [0.2, 0.25) is 0 Å². The molecule has 0 aliphatic carbocycles. The number of alkyl halides is 3. The third kappa shape index (κ3) is 3.94. The SMILES string of the molecule is CN(C)c1ccccc1C(Sc1ccccc1)C(F)(F)F. The van der Waals surface area contributed by atoms with Crippen molar-refractivity contribution in [2.24, 2.45) is 0 Å². The van der Waals surface area contributed by atoms with E-state index in [1.807, 2.05) is 0 Å². The van der Waals surface area contributed by atoms with E-state index in [2.05, 4.69) is 0 Å². The number of anilines is 1. The van der Waals surface area contributed by atoms with Gasteiger partial charge in [0, 0.05) is 24.7 Å². The molecule has 0 bridgehead atoms. The summed E-state index contributed by atoms with van der Waals surface area (Å²) in [7, 11) is 3.50. The molecule has 5 heteroatoms. The molecule has 0 aliphatic rings. The lowest BCUT2D eigenvalue weighted by atomic mass is 10.1. The number of benzene rings is 2. The van der Waals surface area contributed by atoms with Gasteiger partial charge in [-0.2, -0.15) is 13.2 Å². The lowest BCUT2D eigenvalue weighted by Gasteiger charge is -2.25. The summed E-state index contributed by atoms with van der Waals surface area (Å²) in [6.45, 7) is 0. The highest BCUT2D eigenvalue weighted by molar-refractivity contribution is 7.99. The second-order valence-corrected chi connectivity index (χ2v) is 5.98. The number of thioether (sulfide) groups is 1. The van der Waals surface area contributed by atoms with Gasteiger partial charge in [0.1, 0.15) is 5.25 Å². The molecule has 0 saturated carbocycles. The Morgan fingerprint density at radius 3 is 2.05 bits per heavy atom. The smallest absolute Gasteiger partial charge is 0.377 e. The molecule has 0 aromatic heterocycles. The molecule has 0 spiro atoms. The van der Waals surface area contributed by atoms with Gasteiger partial charge in [-0.25, -0.2) is 0 Å². The van der Waals surface area contributed by atoms with Crippen LogP contribution in [0.3, 0.4) is 0 Å². The summed E-state index contributed by atoms with van der Waals surface area (Å²) >= 11 is 0.829. The highest BCUT2D eigenvalue weighted by Gasteiger charge is 2.42. The molecule has 0 amide bonds.